The van der Waals surface area contributed by atoms with Gasteiger partial charge in [-0.1, -0.05) is 12.1 Å². The molecule has 0 amide bonds. The third-order valence-electron chi connectivity index (χ3n) is 3.77. The number of hydrogen-bond acceptors (Lipinski definition) is 8. The lowest BCUT2D eigenvalue weighted by Gasteiger charge is -2.13. The molecule has 1 heterocycles. The maximum Gasteiger partial charge on any atom is 0.339 e. The van der Waals surface area contributed by atoms with Gasteiger partial charge in [0.2, 0.25) is 5.89 Å². The Bertz CT molecular complexity index is 1080. The molecule has 0 spiro atoms. The Balaban J connectivity index is 2.16. The van der Waals surface area contributed by atoms with Gasteiger partial charge in [-0.3, -0.25) is 10.1 Å². The van der Waals surface area contributed by atoms with E-state index >= 15 is 0 Å². The van der Waals surface area contributed by atoms with Gasteiger partial charge in [-0.15, -0.1) is 0 Å². The van der Waals surface area contributed by atoms with Gasteiger partial charge >= 0.3 is 5.63 Å². The molecule has 9 heteroatoms. The van der Waals surface area contributed by atoms with Crippen molar-refractivity contribution >= 4 is 5.69 Å². The molecule has 3 rings (SSSR count). The summed E-state index contributed by atoms with van der Waals surface area (Å²) in [4.78, 5) is 26.3. The predicted octanol–water partition coefficient (Wildman–Crippen LogP) is 2.37. The van der Waals surface area contributed by atoms with Gasteiger partial charge in [0.15, 0.2) is 11.5 Å². The van der Waals surface area contributed by atoms with E-state index in [9.17, 15) is 20.0 Å². The van der Waals surface area contributed by atoms with E-state index in [0.29, 0.717) is 17.1 Å². The largest absolute Gasteiger partial charge is 0.867 e. The van der Waals surface area contributed by atoms with E-state index in [0.717, 1.165) is 12.1 Å². The van der Waals surface area contributed by atoms with Crippen molar-refractivity contribution in [1.82, 2.24) is 4.98 Å². The number of ether oxygens (including phenoxy) is 2. The van der Waals surface area contributed by atoms with E-state index in [1.807, 2.05) is 0 Å². The van der Waals surface area contributed by atoms with Crippen molar-refractivity contribution in [2.75, 3.05) is 14.2 Å². The molecule has 0 aliphatic heterocycles. The third-order valence-corrected chi connectivity index (χ3v) is 3.77. The normalized spacial score (nSPS) is 10.4. The first kappa shape index (κ1) is 17.9. The van der Waals surface area contributed by atoms with Gasteiger partial charge in [0, 0.05) is 11.6 Å². The quantitative estimate of drug-likeness (QED) is 0.495. The second-order valence-corrected chi connectivity index (χ2v) is 5.35. The number of methoxy groups -OCH3 is 2. The fraction of sp³-hybridized carbons (Fsp3) is 0.111. The summed E-state index contributed by atoms with van der Waals surface area (Å²) in [5.41, 5.74) is -1.04. The lowest BCUT2D eigenvalue weighted by Crippen LogP contribution is -2.05. The zero-order chi connectivity index (χ0) is 19.6. The molecule has 0 N–H and O–H groups in total. The number of rotatable bonds is 5. The SMILES string of the molecule is COc1ccc(-c2nc(-c3cccc([N+](=O)[O-])c3[O-])cc(=O)o2)cc1OC. The predicted molar refractivity (Wildman–Crippen MR) is 92.8 cm³/mol. The second kappa shape index (κ2) is 7.16. The van der Waals surface area contributed by atoms with Crippen LogP contribution in [0.2, 0.25) is 0 Å². The van der Waals surface area contributed by atoms with Crippen LogP contribution in [0.1, 0.15) is 0 Å². The van der Waals surface area contributed by atoms with Gasteiger partial charge in [0.25, 0.3) is 5.69 Å². The summed E-state index contributed by atoms with van der Waals surface area (Å²) in [6.07, 6.45) is 0. The Morgan fingerprint density at radius 2 is 1.81 bits per heavy atom. The van der Waals surface area contributed by atoms with Crippen LogP contribution in [0.15, 0.2) is 51.7 Å². The first-order valence-corrected chi connectivity index (χ1v) is 7.64. The molecule has 0 saturated heterocycles. The molecule has 0 saturated carbocycles. The Labute approximate surface area is 152 Å². The van der Waals surface area contributed by atoms with E-state index in [1.165, 1.54) is 26.4 Å². The zero-order valence-corrected chi connectivity index (χ0v) is 14.3. The van der Waals surface area contributed by atoms with E-state index in [-0.39, 0.29) is 17.1 Å². The Hall–Kier alpha value is -3.88. The van der Waals surface area contributed by atoms with Crippen LogP contribution in [-0.4, -0.2) is 24.1 Å². The highest BCUT2D eigenvalue weighted by atomic mass is 16.6. The molecule has 0 radical (unpaired) electrons. The van der Waals surface area contributed by atoms with Crippen LogP contribution in [0.4, 0.5) is 5.69 Å². The molecule has 2 aromatic carbocycles. The summed E-state index contributed by atoms with van der Waals surface area (Å²) < 4.78 is 15.5. The molecule has 1 aromatic heterocycles. The van der Waals surface area contributed by atoms with Gasteiger partial charge in [0.1, 0.15) is 0 Å². The first-order valence-electron chi connectivity index (χ1n) is 7.64. The molecule has 0 atom stereocenters. The van der Waals surface area contributed by atoms with E-state index in [2.05, 4.69) is 4.98 Å². The number of aromatic nitrogens is 1. The molecule has 138 valence electrons. The van der Waals surface area contributed by atoms with E-state index in [1.54, 1.807) is 18.2 Å². The summed E-state index contributed by atoms with van der Waals surface area (Å²) >= 11 is 0. The van der Waals surface area contributed by atoms with Crippen molar-refractivity contribution < 1.29 is 23.9 Å². The Morgan fingerprint density at radius 1 is 1.07 bits per heavy atom. The lowest BCUT2D eigenvalue weighted by molar-refractivity contribution is -0.398. The first-order chi connectivity index (χ1) is 12.9. The van der Waals surface area contributed by atoms with Gasteiger partial charge in [-0.2, -0.15) is 0 Å². The number of nitro benzene ring substituents is 1. The molecule has 27 heavy (non-hydrogen) atoms. The fourth-order valence-corrected chi connectivity index (χ4v) is 2.50. The van der Waals surface area contributed by atoms with Gasteiger partial charge < -0.3 is 19.0 Å². The molecule has 0 unspecified atom stereocenters. The van der Waals surface area contributed by atoms with Crippen LogP contribution >= 0.6 is 0 Å². The van der Waals surface area contributed by atoms with E-state index in [4.69, 9.17) is 13.9 Å². The van der Waals surface area contributed by atoms with Crippen LogP contribution < -0.4 is 20.2 Å². The highest BCUT2D eigenvalue weighted by Gasteiger charge is 2.15. The molecule has 0 fully saturated rings. The van der Waals surface area contributed by atoms with Crippen molar-refractivity contribution in [3.8, 4) is 40.0 Å². The smallest absolute Gasteiger partial charge is 0.339 e. The second-order valence-electron chi connectivity index (χ2n) is 5.35. The monoisotopic (exact) mass is 369 g/mol. The van der Waals surface area contributed by atoms with Crippen molar-refractivity contribution in [2.45, 2.75) is 0 Å². The Morgan fingerprint density at radius 3 is 2.48 bits per heavy atom. The molecule has 9 nitrogen and oxygen atoms in total. The number of hydrogen-bond donors (Lipinski definition) is 0. The molecule has 0 aliphatic rings. The average molecular weight is 369 g/mol. The minimum absolute atomic E-state index is 0.0234. The van der Waals surface area contributed by atoms with Crippen molar-refractivity contribution in [1.29, 1.82) is 0 Å². The minimum Gasteiger partial charge on any atom is -0.867 e. The summed E-state index contributed by atoms with van der Waals surface area (Å²) in [5, 5.41) is 23.3. The van der Waals surface area contributed by atoms with Crippen LogP contribution in [0.5, 0.6) is 17.2 Å². The van der Waals surface area contributed by atoms with Crippen molar-refractivity contribution in [2.24, 2.45) is 0 Å². The summed E-state index contributed by atoms with van der Waals surface area (Å²) in [6, 6.07) is 9.56. The average Bonchev–Trinajstić information content (AvgIpc) is 2.66. The highest BCUT2D eigenvalue weighted by molar-refractivity contribution is 5.73. The lowest BCUT2D eigenvalue weighted by atomic mass is 10.1. The van der Waals surface area contributed by atoms with Crippen LogP contribution in [0.25, 0.3) is 22.7 Å². The topological polar surface area (TPSA) is 128 Å². The number of nitrogens with zero attached hydrogens (tertiary/aromatic N) is 2. The summed E-state index contributed by atoms with van der Waals surface area (Å²) in [6.45, 7) is 0. The van der Waals surface area contributed by atoms with Gasteiger partial charge in [-0.05, 0) is 29.5 Å². The van der Waals surface area contributed by atoms with Crippen molar-refractivity contribution in [3.63, 3.8) is 0 Å². The van der Waals surface area contributed by atoms with Crippen molar-refractivity contribution in [3.05, 3.63) is 63.0 Å². The molecule has 3 aromatic rings. The minimum atomic E-state index is -0.834. The molecular formula is C18H13N2O7-. The maximum absolute atomic E-state index is 12.3. The van der Waals surface area contributed by atoms with Crippen LogP contribution in [-0.2, 0) is 0 Å². The number of para-hydroxylation sites is 1. The van der Waals surface area contributed by atoms with Crippen LogP contribution in [0.3, 0.4) is 0 Å². The number of nitro groups is 1. The van der Waals surface area contributed by atoms with Gasteiger partial charge in [0.05, 0.1) is 30.9 Å². The van der Waals surface area contributed by atoms with Gasteiger partial charge in [-0.25, -0.2) is 9.78 Å². The zero-order valence-electron chi connectivity index (χ0n) is 14.3. The fourth-order valence-electron chi connectivity index (χ4n) is 2.50. The molecule has 0 aliphatic carbocycles. The Kier molecular flexibility index (Phi) is 4.75. The molecule has 0 bridgehead atoms. The third kappa shape index (κ3) is 3.43. The maximum atomic E-state index is 12.3. The number of benzene rings is 2. The standard InChI is InChI=1S/C18H14N2O7/c1-25-14-7-6-10(8-15(14)26-2)18-19-12(9-16(21)27-18)11-4-3-5-13(17(11)22)20(23)24/h3-9,22H,1-2H3/p-1. The highest BCUT2D eigenvalue weighted by Crippen LogP contribution is 2.35. The van der Waals surface area contributed by atoms with Crippen LogP contribution in [0, 0.1) is 10.1 Å². The van der Waals surface area contributed by atoms with E-state index < -0.39 is 22.0 Å². The summed E-state index contributed by atoms with van der Waals surface area (Å²) in [5.74, 6) is -0.0341. The summed E-state index contributed by atoms with van der Waals surface area (Å²) in [7, 11) is 2.93. The molecular weight excluding hydrogens is 356 g/mol.